The molecule has 0 rings (SSSR count). The Morgan fingerprint density at radius 2 is 1.80 bits per heavy atom. The van der Waals surface area contributed by atoms with Gasteiger partial charge in [0.25, 0.3) is 0 Å². The monoisotopic (exact) mass is 148 g/mol. The average molecular weight is 148 g/mol. The van der Waals surface area contributed by atoms with Gasteiger partial charge in [-0.05, 0) is 12.8 Å². The lowest BCUT2D eigenvalue weighted by Gasteiger charge is -2.06. The van der Waals surface area contributed by atoms with Gasteiger partial charge in [0.05, 0.1) is 6.10 Å². The van der Waals surface area contributed by atoms with Crippen molar-refractivity contribution in [1.82, 2.24) is 0 Å². The van der Waals surface area contributed by atoms with Gasteiger partial charge in [0.15, 0.2) is 0 Å². The van der Waals surface area contributed by atoms with Gasteiger partial charge in [-0.3, -0.25) is 5.26 Å². The van der Waals surface area contributed by atoms with E-state index in [4.69, 9.17) is 5.26 Å². The topological polar surface area (TPSA) is 29.5 Å². The zero-order chi connectivity index (χ0) is 8.41. The Hall–Kier alpha value is -0.0800. The van der Waals surface area contributed by atoms with Crippen LogP contribution in [0.5, 0.6) is 0 Å². The van der Waals surface area contributed by atoms with Gasteiger partial charge in [0.2, 0.25) is 0 Å². The fraction of sp³-hybridized carbons (Fsp3) is 1.00. The Morgan fingerprint density at radius 1 is 1.30 bits per heavy atom. The first-order chi connectivity index (χ1) is 4.85. The van der Waals surface area contributed by atoms with Crippen molar-refractivity contribution in [2.24, 2.45) is 0 Å². The Bertz CT molecular complexity index is 42.5. The first-order valence-electron chi connectivity index (χ1n) is 4.15. The van der Waals surface area contributed by atoms with E-state index in [9.17, 15) is 0 Å². The first kappa shape index (κ1) is 12.6. The van der Waals surface area contributed by atoms with Crippen LogP contribution >= 0.6 is 0 Å². The lowest BCUT2D eigenvalue weighted by Crippen LogP contribution is -2.07. The maximum absolute atomic E-state index is 8.16. The Kier molecular flexibility index (Phi) is 14.7. The van der Waals surface area contributed by atoms with Gasteiger partial charge in [-0.2, -0.15) is 0 Å². The van der Waals surface area contributed by atoms with E-state index < -0.39 is 0 Å². The molecule has 0 saturated heterocycles. The van der Waals surface area contributed by atoms with Crippen LogP contribution in [0.4, 0.5) is 0 Å². The molecule has 0 aliphatic carbocycles. The molecule has 0 bridgehead atoms. The minimum atomic E-state index is 0.0556. The molecule has 1 unspecified atom stereocenters. The van der Waals surface area contributed by atoms with E-state index in [1.807, 2.05) is 20.8 Å². The smallest absolute Gasteiger partial charge is 0.0924 e. The summed E-state index contributed by atoms with van der Waals surface area (Å²) >= 11 is 0. The minimum Gasteiger partial charge on any atom is -0.252 e. The van der Waals surface area contributed by atoms with Gasteiger partial charge in [-0.1, -0.05) is 34.1 Å². The van der Waals surface area contributed by atoms with Crippen LogP contribution in [0.15, 0.2) is 0 Å². The highest BCUT2D eigenvalue weighted by Crippen LogP contribution is 2.03. The average Bonchev–Trinajstić information content (AvgIpc) is 2.04. The van der Waals surface area contributed by atoms with Gasteiger partial charge in [-0.25, -0.2) is 4.89 Å². The van der Waals surface area contributed by atoms with Crippen molar-refractivity contribution in [3.63, 3.8) is 0 Å². The minimum absolute atomic E-state index is 0.0556. The third-order valence-electron chi connectivity index (χ3n) is 1.22. The molecule has 0 saturated carbocycles. The molecule has 0 aliphatic heterocycles. The number of rotatable bonds is 4. The summed E-state index contributed by atoms with van der Waals surface area (Å²) in [5.74, 6) is 0. The predicted octanol–water partition coefficient (Wildman–Crippen LogP) is 3.08. The van der Waals surface area contributed by atoms with Gasteiger partial charge in [-0.15, -0.1) is 0 Å². The Balaban J connectivity index is 0. The molecule has 0 fully saturated rings. The summed E-state index contributed by atoms with van der Waals surface area (Å²) in [6, 6.07) is 0. The summed E-state index contributed by atoms with van der Waals surface area (Å²) in [5.41, 5.74) is 0. The van der Waals surface area contributed by atoms with Crippen molar-refractivity contribution in [1.29, 1.82) is 0 Å². The molecule has 64 valence electrons. The predicted molar refractivity (Wildman–Crippen MR) is 44.0 cm³/mol. The summed E-state index contributed by atoms with van der Waals surface area (Å²) in [5, 5.41) is 8.16. The van der Waals surface area contributed by atoms with Crippen LogP contribution in [0, 0.1) is 0 Å². The van der Waals surface area contributed by atoms with Crippen LogP contribution in [-0.4, -0.2) is 11.4 Å². The van der Waals surface area contributed by atoms with Gasteiger partial charge in [0, 0.05) is 0 Å². The van der Waals surface area contributed by atoms with Crippen LogP contribution < -0.4 is 0 Å². The lowest BCUT2D eigenvalue weighted by molar-refractivity contribution is -0.280. The third-order valence-corrected chi connectivity index (χ3v) is 1.22. The maximum atomic E-state index is 8.16. The van der Waals surface area contributed by atoms with Gasteiger partial charge >= 0.3 is 0 Å². The van der Waals surface area contributed by atoms with Gasteiger partial charge in [0.1, 0.15) is 0 Å². The first-order valence-corrected chi connectivity index (χ1v) is 4.15. The van der Waals surface area contributed by atoms with E-state index >= 15 is 0 Å². The molecule has 10 heavy (non-hydrogen) atoms. The summed E-state index contributed by atoms with van der Waals surface area (Å²) < 4.78 is 0. The summed E-state index contributed by atoms with van der Waals surface area (Å²) in [4.78, 5) is 4.14. The number of hydrogen-bond donors (Lipinski definition) is 1. The molecule has 0 aliphatic rings. The Morgan fingerprint density at radius 3 is 1.90 bits per heavy atom. The fourth-order valence-corrected chi connectivity index (χ4v) is 0.653. The largest absolute Gasteiger partial charge is 0.252 e. The van der Waals surface area contributed by atoms with E-state index in [1.54, 1.807) is 0 Å². The second-order valence-corrected chi connectivity index (χ2v) is 1.92. The molecular weight excluding hydrogens is 128 g/mol. The molecule has 0 radical (unpaired) electrons. The molecule has 0 amide bonds. The zero-order valence-corrected chi connectivity index (χ0v) is 7.55. The van der Waals surface area contributed by atoms with Crippen molar-refractivity contribution >= 4 is 0 Å². The van der Waals surface area contributed by atoms with E-state index in [-0.39, 0.29) is 6.10 Å². The van der Waals surface area contributed by atoms with Crippen LogP contribution in [0.1, 0.15) is 47.0 Å². The molecule has 2 nitrogen and oxygen atoms in total. The quantitative estimate of drug-likeness (QED) is 0.490. The fourth-order valence-electron chi connectivity index (χ4n) is 0.653. The molecule has 0 aromatic rings. The van der Waals surface area contributed by atoms with E-state index in [0.717, 1.165) is 19.3 Å². The highest BCUT2D eigenvalue weighted by atomic mass is 17.1. The summed E-state index contributed by atoms with van der Waals surface area (Å²) in [7, 11) is 0. The summed E-state index contributed by atoms with van der Waals surface area (Å²) in [6.45, 7) is 8.07. The Labute approximate surface area is 64.1 Å². The van der Waals surface area contributed by atoms with Crippen LogP contribution in [0.3, 0.4) is 0 Å². The second kappa shape index (κ2) is 11.7. The highest BCUT2D eigenvalue weighted by Gasteiger charge is 2.01. The van der Waals surface area contributed by atoms with Crippen molar-refractivity contribution in [3.05, 3.63) is 0 Å². The molecule has 1 atom stereocenters. The van der Waals surface area contributed by atoms with Crippen molar-refractivity contribution in [3.8, 4) is 0 Å². The lowest BCUT2D eigenvalue weighted by atomic mass is 10.2. The normalized spacial score (nSPS) is 11.7. The third kappa shape index (κ3) is 7.92. The molecular formula is C8H20O2. The van der Waals surface area contributed by atoms with Crippen molar-refractivity contribution in [2.75, 3.05) is 0 Å². The van der Waals surface area contributed by atoms with E-state index in [1.165, 1.54) is 0 Å². The van der Waals surface area contributed by atoms with Crippen LogP contribution in [0.25, 0.3) is 0 Å². The van der Waals surface area contributed by atoms with Gasteiger partial charge < -0.3 is 0 Å². The molecule has 0 aromatic carbocycles. The summed E-state index contributed by atoms with van der Waals surface area (Å²) in [6.07, 6.45) is 2.97. The molecule has 0 heterocycles. The zero-order valence-electron chi connectivity index (χ0n) is 7.55. The highest BCUT2D eigenvalue weighted by molar-refractivity contribution is 4.49. The standard InChI is InChI=1S/C6H14O2.C2H6/c1-3-5-6(4-2)8-7;1-2/h6-7H,3-5H2,1-2H3;1-2H3. The van der Waals surface area contributed by atoms with E-state index in [2.05, 4.69) is 11.8 Å². The van der Waals surface area contributed by atoms with Crippen molar-refractivity contribution < 1.29 is 10.1 Å². The molecule has 0 spiro atoms. The second-order valence-electron chi connectivity index (χ2n) is 1.92. The number of hydrogen-bond acceptors (Lipinski definition) is 2. The SMILES string of the molecule is CC.CCCC(CC)OO. The van der Waals surface area contributed by atoms with Crippen molar-refractivity contribution in [2.45, 2.75) is 53.1 Å². The van der Waals surface area contributed by atoms with E-state index in [0.29, 0.717) is 0 Å². The molecule has 0 aromatic heterocycles. The maximum Gasteiger partial charge on any atom is 0.0924 e. The molecule has 2 heteroatoms. The van der Waals surface area contributed by atoms with Crippen LogP contribution in [0.2, 0.25) is 0 Å². The van der Waals surface area contributed by atoms with Crippen LogP contribution in [-0.2, 0) is 4.89 Å². The molecule has 1 N–H and O–H groups in total.